The Hall–Kier alpha value is -4.11. The second kappa shape index (κ2) is 11.5. The first kappa shape index (κ1) is 25.0. The van der Waals surface area contributed by atoms with Gasteiger partial charge < -0.3 is 15.4 Å². The molecule has 2 amide bonds. The fraction of sp³-hybridized carbons (Fsp3) is 0.185. The van der Waals surface area contributed by atoms with Gasteiger partial charge in [0, 0.05) is 16.9 Å². The zero-order valence-electron chi connectivity index (χ0n) is 20.3. The van der Waals surface area contributed by atoms with Gasteiger partial charge in [0.2, 0.25) is 5.91 Å². The van der Waals surface area contributed by atoms with Crippen molar-refractivity contribution in [2.45, 2.75) is 25.5 Å². The molecule has 0 aliphatic carbocycles. The number of anilines is 1. The lowest BCUT2D eigenvalue weighted by molar-refractivity contribution is -0.113. The summed E-state index contributed by atoms with van der Waals surface area (Å²) < 4.78 is 7.02. The van der Waals surface area contributed by atoms with Crippen LogP contribution in [0.5, 0.6) is 5.75 Å². The van der Waals surface area contributed by atoms with Crippen molar-refractivity contribution in [2.75, 3.05) is 18.2 Å². The average molecular weight is 502 g/mol. The quantitative estimate of drug-likeness (QED) is 0.327. The number of ether oxygens (including phenoxy) is 1. The zero-order valence-corrected chi connectivity index (χ0v) is 21.1. The SMILES string of the molecule is COc1ccc(NC(=O)CSc2nnc(CNC(=O)c3cccc(C)c3)n2-c2cccc(C)c2)cc1. The summed E-state index contributed by atoms with van der Waals surface area (Å²) in [5.74, 6) is 1.07. The molecule has 0 bridgehead atoms. The first-order valence-electron chi connectivity index (χ1n) is 11.4. The van der Waals surface area contributed by atoms with Gasteiger partial charge in [0.05, 0.1) is 19.4 Å². The highest BCUT2D eigenvalue weighted by molar-refractivity contribution is 7.99. The normalized spacial score (nSPS) is 10.6. The van der Waals surface area contributed by atoms with Gasteiger partial charge >= 0.3 is 0 Å². The summed E-state index contributed by atoms with van der Waals surface area (Å²) in [5, 5.41) is 15.0. The van der Waals surface area contributed by atoms with Crippen molar-refractivity contribution >= 4 is 29.3 Å². The predicted octanol–water partition coefficient (Wildman–Crippen LogP) is 4.55. The smallest absolute Gasteiger partial charge is 0.251 e. The van der Waals surface area contributed by atoms with E-state index in [9.17, 15) is 9.59 Å². The van der Waals surface area contributed by atoms with E-state index in [2.05, 4.69) is 20.8 Å². The molecule has 0 atom stereocenters. The van der Waals surface area contributed by atoms with Crippen LogP contribution in [0.3, 0.4) is 0 Å². The number of methoxy groups -OCH3 is 1. The van der Waals surface area contributed by atoms with Crippen LogP contribution in [0.2, 0.25) is 0 Å². The van der Waals surface area contributed by atoms with Crippen molar-refractivity contribution in [3.8, 4) is 11.4 Å². The molecule has 3 aromatic carbocycles. The van der Waals surface area contributed by atoms with Crippen LogP contribution < -0.4 is 15.4 Å². The lowest BCUT2D eigenvalue weighted by Crippen LogP contribution is -2.24. The fourth-order valence-electron chi connectivity index (χ4n) is 3.58. The van der Waals surface area contributed by atoms with Crippen molar-refractivity contribution in [1.82, 2.24) is 20.1 Å². The summed E-state index contributed by atoms with van der Waals surface area (Å²) in [5.41, 5.74) is 4.21. The van der Waals surface area contributed by atoms with Crippen LogP contribution in [0.1, 0.15) is 27.3 Å². The Kier molecular flexibility index (Phi) is 8.02. The van der Waals surface area contributed by atoms with E-state index >= 15 is 0 Å². The number of hydrogen-bond acceptors (Lipinski definition) is 6. The minimum absolute atomic E-state index is 0.144. The first-order chi connectivity index (χ1) is 17.4. The summed E-state index contributed by atoms with van der Waals surface area (Å²) in [4.78, 5) is 25.2. The minimum Gasteiger partial charge on any atom is -0.497 e. The van der Waals surface area contributed by atoms with E-state index in [-0.39, 0.29) is 24.1 Å². The van der Waals surface area contributed by atoms with Gasteiger partial charge in [-0.1, -0.05) is 41.6 Å². The van der Waals surface area contributed by atoms with Crippen LogP contribution >= 0.6 is 11.8 Å². The number of nitrogens with zero attached hydrogens (tertiary/aromatic N) is 3. The van der Waals surface area contributed by atoms with Crippen LogP contribution in [0, 0.1) is 13.8 Å². The zero-order chi connectivity index (χ0) is 25.5. The molecule has 9 heteroatoms. The Morgan fingerprint density at radius 1 is 0.944 bits per heavy atom. The monoisotopic (exact) mass is 501 g/mol. The molecule has 0 saturated carbocycles. The summed E-state index contributed by atoms with van der Waals surface area (Å²) in [6, 6.07) is 22.5. The molecule has 0 saturated heterocycles. The van der Waals surface area contributed by atoms with Crippen LogP contribution in [-0.2, 0) is 11.3 Å². The highest BCUT2D eigenvalue weighted by Crippen LogP contribution is 2.23. The number of aromatic nitrogens is 3. The van der Waals surface area contributed by atoms with E-state index in [0.29, 0.717) is 22.2 Å². The van der Waals surface area contributed by atoms with Gasteiger partial charge in [-0.25, -0.2) is 0 Å². The first-order valence-corrected chi connectivity index (χ1v) is 12.3. The molecule has 0 aliphatic heterocycles. The Balaban J connectivity index is 1.49. The van der Waals surface area contributed by atoms with E-state index in [4.69, 9.17) is 4.74 Å². The van der Waals surface area contributed by atoms with Gasteiger partial charge in [0.25, 0.3) is 5.91 Å². The lowest BCUT2D eigenvalue weighted by Gasteiger charge is -2.12. The lowest BCUT2D eigenvalue weighted by atomic mass is 10.1. The van der Waals surface area contributed by atoms with E-state index in [1.165, 1.54) is 11.8 Å². The molecular formula is C27H27N5O3S. The Morgan fingerprint density at radius 3 is 2.36 bits per heavy atom. The van der Waals surface area contributed by atoms with Crippen LogP contribution in [0.15, 0.2) is 78.0 Å². The number of amides is 2. The van der Waals surface area contributed by atoms with Crippen LogP contribution in [-0.4, -0.2) is 39.4 Å². The highest BCUT2D eigenvalue weighted by atomic mass is 32.2. The van der Waals surface area contributed by atoms with Gasteiger partial charge in [-0.05, 0) is 67.9 Å². The molecule has 2 N–H and O–H groups in total. The number of rotatable bonds is 9. The topological polar surface area (TPSA) is 98.1 Å². The summed E-state index contributed by atoms with van der Waals surface area (Å²) in [6.45, 7) is 4.13. The summed E-state index contributed by atoms with van der Waals surface area (Å²) in [6.07, 6.45) is 0. The maximum absolute atomic E-state index is 12.7. The number of benzene rings is 3. The van der Waals surface area contributed by atoms with E-state index in [1.54, 1.807) is 37.4 Å². The van der Waals surface area contributed by atoms with Crippen molar-refractivity contribution < 1.29 is 14.3 Å². The van der Waals surface area contributed by atoms with Crippen LogP contribution in [0.25, 0.3) is 5.69 Å². The standard InChI is InChI=1S/C27H27N5O3S/c1-18-6-4-8-20(14-18)26(34)28-16-24-30-31-27(32(24)22-9-5-7-19(2)15-22)36-17-25(33)29-21-10-12-23(35-3)13-11-21/h4-15H,16-17H2,1-3H3,(H,28,34)(H,29,33). The van der Waals surface area contributed by atoms with Gasteiger partial charge in [-0.2, -0.15) is 0 Å². The third-order valence-corrected chi connectivity index (χ3v) is 6.28. The van der Waals surface area contributed by atoms with E-state index in [0.717, 1.165) is 22.6 Å². The van der Waals surface area contributed by atoms with Crippen LogP contribution in [0.4, 0.5) is 5.69 Å². The number of nitrogens with one attached hydrogen (secondary N) is 2. The fourth-order valence-corrected chi connectivity index (χ4v) is 4.35. The molecule has 184 valence electrons. The van der Waals surface area contributed by atoms with Crippen molar-refractivity contribution in [3.63, 3.8) is 0 Å². The number of carbonyl (C=O) groups is 2. The molecule has 0 spiro atoms. The van der Waals surface area contributed by atoms with Gasteiger partial charge in [0.1, 0.15) is 5.75 Å². The second-order valence-electron chi connectivity index (χ2n) is 8.19. The molecule has 36 heavy (non-hydrogen) atoms. The predicted molar refractivity (Wildman–Crippen MR) is 141 cm³/mol. The third kappa shape index (κ3) is 6.31. The molecule has 4 rings (SSSR count). The number of aryl methyl sites for hydroxylation is 2. The largest absolute Gasteiger partial charge is 0.497 e. The number of thioether (sulfide) groups is 1. The highest BCUT2D eigenvalue weighted by Gasteiger charge is 2.17. The maximum Gasteiger partial charge on any atom is 0.251 e. The van der Waals surface area contributed by atoms with E-state index in [1.807, 2.05) is 60.9 Å². The molecule has 0 radical (unpaired) electrons. The van der Waals surface area contributed by atoms with Crippen molar-refractivity contribution in [3.05, 3.63) is 95.3 Å². The third-order valence-electron chi connectivity index (χ3n) is 5.35. The van der Waals surface area contributed by atoms with Crippen molar-refractivity contribution in [2.24, 2.45) is 0 Å². The molecule has 4 aromatic rings. The summed E-state index contributed by atoms with van der Waals surface area (Å²) in [7, 11) is 1.59. The average Bonchev–Trinajstić information content (AvgIpc) is 3.29. The molecule has 8 nitrogen and oxygen atoms in total. The number of hydrogen-bond donors (Lipinski definition) is 2. The van der Waals surface area contributed by atoms with E-state index < -0.39 is 0 Å². The van der Waals surface area contributed by atoms with Gasteiger partial charge in [-0.3, -0.25) is 14.2 Å². The van der Waals surface area contributed by atoms with Gasteiger partial charge in [0.15, 0.2) is 11.0 Å². The molecule has 0 aliphatic rings. The summed E-state index contributed by atoms with van der Waals surface area (Å²) >= 11 is 1.28. The Morgan fingerprint density at radius 2 is 1.67 bits per heavy atom. The number of carbonyl (C=O) groups excluding carboxylic acids is 2. The molecular weight excluding hydrogens is 474 g/mol. The molecule has 0 fully saturated rings. The second-order valence-corrected chi connectivity index (χ2v) is 9.13. The van der Waals surface area contributed by atoms with Gasteiger partial charge in [-0.15, -0.1) is 10.2 Å². The Bertz CT molecular complexity index is 1370. The van der Waals surface area contributed by atoms with Crippen molar-refractivity contribution in [1.29, 1.82) is 0 Å². The molecule has 0 unspecified atom stereocenters. The molecule has 1 heterocycles. The Labute approximate surface area is 214 Å². The maximum atomic E-state index is 12.7. The minimum atomic E-state index is -0.189. The molecule has 1 aromatic heterocycles.